The number of hydrogen-bond donors (Lipinski definition) is 1. The molecule has 14 heteroatoms. The first-order valence-electron chi connectivity index (χ1n) is 22.4. The number of hydrogen-bond acceptors (Lipinski definition) is 12. The Balaban J connectivity index is 0.000000115. The molecule has 2 saturated carbocycles. The van der Waals surface area contributed by atoms with Crippen LogP contribution in [-0.4, -0.2) is 207 Å². The number of likely N-dealkylation sites (tertiary alicyclic amines) is 3. The lowest BCUT2D eigenvalue weighted by Crippen LogP contribution is -2.70. The van der Waals surface area contributed by atoms with Crippen molar-refractivity contribution in [2.75, 3.05) is 137 Å². The second-order valence-corrected chi connectivity index (χ2v) is 26.4. The largest absolute Gasteiger partial charge is 0.372 e. The van der Waals surface area contributed by atoms with Crippen LogP contribution in [0.3, 0.4) is 0 Å². The van der Waals surface area contributed by atoms with Crippen molar-refractivity contribution in [1.29, 1.82) is 4.78 Å². The fourth-order valence-corrected chi connectivity index (χ4v) is 16.6. The van der Waals surface area contributed by atoms with E-state index in [1.807, 2.05) is 14.1 Å². The van der Waals surface area contributed by atoms with Gasteiger partial charge in [-0.25, -0.2) is 12.6 Å². The molecule has 9 aliphatic heterocycles. The van der Waals surface area contributed by atoms with Gasteiger partial charge in [-0.3, -0.25) is 4.78 Å². The number of sulfone groups is 1. The summed E-state index contributed by atoms with van der Waals surface area (Å²) in [5.41, 5.74) is 0.255. The van der Waals surface area contributed by atoms with Gasteiger partial charge < -0.3 is 34.1 Å². The van der Waals surface area contributed by atoms with Crippen LogP contribution in [0.2, 0.25) is 0 Å². The molecule has 11 nitrogen and oxygen atoms in total. The molecule has 0 aromatic carbocycles. The molecule has 326 valence electrons. The lowest BCUT2D eigenvalue weighted by atomic mass is 9.83. The minimum atomic E-state index is -2.66. The Bertz CT molecular complexity index is 1370. The molecule has 2 aliphatic carbocycles. The molecule has 11 fully saturated rings. The molecule has 3 atom stereocenters. The Morgan fingerprint density at radius 1 is 0.589 bits per heavy atom. The van der Waals surface area contributed by atoms with Gasteiger partial charge in [0, 0.05) is 94.8 Å². The van der Waals surface area contributed by atoms with Crippen molar-refractivity contribution in [3.05, 3.63) is 0 Å². The third kappa shape index (κ3) is 11.1. The lowest BCUT2D eigenvalue weighted by molar-refractivity contribution is -0.121. The molecule has 0 amide bonds. The van der Waals surface area contributed by atoms with Gasteiger partial charge in [-0.05, 0) is 125 Å². The van der Waals surface area contributed by atoms with Crippen molar-refractivity contribution in [2.24, 2.45) is 11.8 Å². The summed E-state index contributed by atoms with van der Waals surface area (Å²) in [7, 11) is 8.07. The summed E-state index contributed by atoms with van der Waals surface area (Å²) in [6, 6.07) is 1.94. The Morgan fingerprint density at radius 3 is 1.45 bits per heavy atom. The van der Waals surface area contributed by atoms with Gasteiger partial charge in [0.05, 0.1) is 37.2 Å². The average molecular weight is 844 g/mol. The topological polar surface area (TPSA) is 104 Å². The predicted octanol–water partition coefficient (Wildman–Crippen LogP) is 4.52. The molecule has 0 aromatic heterocycles. The number of morpholine rings is 1. The molecule has 1 N–H and O–H groups in total. The normalized spacial score (nSPS) is 37.5. The molecule has 3 spiro atoms. The van der Waals surface area contributed by atoms with Crippen molar-refractivity contribution in [2.45, 2.75) is 117 Å². The molecule has 9 heterocycles. The summed E-state index contributed by atoms with van der Waals surface area (Å²) in [6.07, 6.45) is 19.1. The van der Waals surface area contributed by atoms with E-state index in [0.717, 1.165) is 82.6 Å². The average Bonchev–Trinajstić information content (AvgIpc) is 3.80. The van der Waals surface area contributed by atoms with Gasteiger partial charge in [0.25, 0.3) is 0 Å². The van der Waals surface area contributed by atoms with Crippen molar-refractivity contribution >= 4 is 31.3 Å². The van der Waals surface area contributed by atoms with E-state index in [9.17, 15) is 12.6 Å². The van der Waals surface area contributed by atoms with Gasteiger partial charge in [-0.2, -0.15) is 11.8 Å². The highest BCUT2D eigenvalue weighted by Crippen LogP contribution is 2.42. The predicted molar refractivity (Wildman–Crippen MR) is 235 cm³/mol. The zero-order chi connectivity index (χ0) is 40.2. The highest BCUT2D eigenvalue weighted by atomic mass is 32.2. The highest BCUT2D eigenvalue weighted by molar-refractivity contribution is 7.99. The summed E-state index contributed by atoms with van der Waals surface area (Å²) in [6.45, 7) is 11.8. The van der Waals surface area contributed by atoms with Crippen LogP contribution in [0.1, 0.15) is 89.9 Å². The molecular weight excluding hydrogens is 763 g/mol. The third-order valence-electron chi connectivity index (χ3n) is 15.3. The quantitative estimate of drug-likeness (QED) is 0.373. The van der Waals surface area contributed by atoms with Gasteiger partial charge in [0.1, 0.15) is 0 Å². The highest BCUT2D eigenvalue weighted by Gasteiger charge is 2.58. The summed E-state index contributed by atoms with van der Waals surface area (Å²) >= 11 is 2.06. The minimum absolute atomic E-state index is 0.0677. The van der Waals surface area contributed by atoms with Crippen LogP contribution in [0.5, 0.6) is 0 Å². The molecule has 11 rings (SSSR count). The summed E-state index contributed by atoms with van der Waals surface area (Å²) in [5, 5.41) is 0. The van der Waals surface area contributed by atoms with Crippen molar-refractivity contribution < 1.29 is 17.4 Å². The molecular formula is C42H81N7O4S3. The van der Waals surface area contributed by atoms with Crippen molar-refractivity contribution in [3.63, 3.8) is 0 Å². The molecule has 11 aliphatic rings. The fraction of sp³-hybridized carbons (Fsp3) is 1.00. The maximum Gasteiger partial charge on any atom is 0.158 e. The Labute approximate surface area is 347 Å². The second kappa shape index (κ2) is 19.3. The van der Waals surface area contributed by atoms with Crippen LogP contribution in [0.15, 0.2) is 0 Å². The molecule has 0 radical (unpaired) electrons. The van der Waals surface area contributed by atoms with Crippen molar-refractivity contribution in [3.8, 4) is 0 Å². The standard InChI is InChI=1S/C10H19NO.C8H15N.C7H13N.C6H12N2OS.C6H11NO2S.C5H11NS/c1-11-7-8-12-10(9-11)5-3-2-4-6-10;1-9-5-7-2-3-8(4-7)6-9;1-8-6-2-3-7(8)5-4-6;1-8-4-6(5-8)2-3-10(6,7)9;1-7-4-6(5-7)2-3-10(6,8)9;1-6-2-4-7-5-3-6/h2-9H2,1H3;7-8H,2-6H2,1H3;6-7H,2-5H2,1H3;7H,2-5H2,1H3;2-5H2,1H3;2-5H2,1H3. The maximum atomic E-state index is 11.4. The monoisotopic (exact) mass is 844 g/mol. The van der Waals surface area contributed by atoms with E-state index in [1.165, 1.54) is 115 Å². The van der Waals surface area contributed by atoms with Crippen LogP contribution in [0.4, 0.5) is 0 Å². The molecule has 4 bridgehead atoms. The van der Waals surface area contributed by atoms with E-state index in [2.05, 4.69) is 69.4 Å². The number of thioether (sulfide) groups is 1. The zero-order valence-electron chi connectivity index (χ0n) is 36.4. The van der Waals surface area contributed by atoms with E-state index in [1.54, 1.807) is 0 Å². The number of rotatable bonds is 0. The number of piperidine rings is 1. The Hall–Kier alpha value is -0.0300. The number of nitrogens with zero attached hydrogens (tertiary/aromatic N) is 6. The molecule has 9 saturated heterocycles. The molecule has 0 aromatic rings. The molecule has 3 unspecified atom stereocenters. The number of ether oxygens (including phenoxy) is 1. The van der Waals surface area contributed by atoms with Gasteiger partial charge in [-0.15, -0.1) is 0 Å². The summed E-state index contributed by atoms with van der Waals surface area (Å²) in [4.78, 5) is 14.0. The Morgan fingerprint density at radius 2 is 1.12 bits per heavy atom. The van der Waals surface area contributed by atoms with E-state index in [4.69, 9.17) is 9.52 Å². The first-order valence-corrected chi connectivity index (χ1v) is 26.9. The molecule has 56 heavy (non-hydrogen) atoms. The van der Waals surface area contributed by atoms with Gasteiger partial charge in [0.15, 0.2) is 9.84 Å². The lowest BCUT2D eigenvalue weighted by Gasteiger charge is -2.55. The van der Waals surface area contributed by atoms with Crippen LogP contribution in [-0.2, 0) is 24.3 Å². The van der Waals surface area contributed by atoms with Crippen LogP contribution in [0.25, 0.3) is 0 Å². The van der Waals surface area contributed by atoms with Crippen molar-refractivity contribution in [1.82, 2.24) is 29.4 Å². The number of likely N-dealkylation sites (N-methyl/N-ethyl adjacent to an activating group) is 1. The Kier molecular flexibility index (Phi) is 15.7. The zero-order valence-corrected chi connectivity index (χ0v) is 38.8. The van der Waals surface area contributed by atoms with Gasteiger partial charge >= 0.3 is 0 Å². The van der Waals surface area contributed by atoms with E-state index in [-0.39, 0.29) is 15.1 Å². The third-order valence-corrected chi connectivity index (χ3v) is 21.4. The summed E-state index contributed by atoms with van der Waals surface area (Å²) in [5.74, 6) is 5.84. The second-order valence-electron chi connectivity index (χ2n) is 20.0. The van der Waals surface area contributed by atoms with E-state index in [0.29, 0.717) is 11.5 Å². The van der Waals surface area contributed by atoms with Crippen LogP contribution < -0.4 is 0 Å². The smallest absolute Gasteiger partial charge is 0.158 e. The van der Waals surface area contributed by atoms with Gasteiger partial charge in [-0.1, -0.05) is 19.3 Å². The van der Waals surface area contributed by atoms with Crippen LogP contribution >= 0.6 is 11.8 Å². The first-order chi connectivity index (χ1) is 26.5. The number of nitrogens with one attached hydrogen (secondary N) is 1. The maximum absolute atomic E-state index is 11.4. The minimum Gasteiger partial charge on any atom is -0.372 e. The fourth-order valence-electron chi connectivity index (χ4n) is 11.6. The van der Waals surface area contributed by atoms with E-state index >= 15 is 0 Å². The first kappa shape index (κ1) is 45.5. The van der Waals surface area contributed by atoms with E-state index < -0.39 is 19.6 Å². The SMILES string of the molecule is CN1C2CCC1CC2.CN1CC2(CCS2(=N)=O)C1.CN1CC2(CCS2(=O)=O)C1.CN1CC2CCC(C2)C1.CN1CCOC2(CCCCC2)C1.CN1CCSCC1. The van der Waals surface area contributed by atoms with Gasteiger partial charge in [0.2, 0.25) is 0 Å². The van der Waals surface area contributed by atoms with Crippen LogP contribution in [0, 0.1) is 16.6 Å². The summed E-state index contributed by atoms with van der Waals surface area (Å²) < 4.78 is 46.7. The number of fused-ring (bicyclic) bond motifs is 4.